The summed E-state index contributed by atoms with van der Waals surface area (Å²) in [5, 5.41) is 9.70. The van der Waals surface area contributed by atoms with Crippen molar-refractivity contribution >= 4 is 29.3 Å². The van der Waals surface area contributed by atoms with E-state index in [1.807, 2.05) is 43.3 Å². The van der Waals surface area contributed by atoms with Crippen LogP contribution in [0.4, 0.5) is 4.79 Å². The quantitative estimate of drug-likeness (QED) is 0.441. The lowest BCUT2D eigenvalue weighted by atomic mass is 9.97. The summed E-state index contributed by atoms with van der Waals surface area (Å²) >= 11 is 6.52. The Labute approximate surface area is 240 Å². The zero-order chi connectivity index (χ0) is 28.5. The highest BCUT2D eigenvalue weighted by atomic mass is 35.5. The van der Waals surface area contributed by atoms with Crippen LogP contribution in [0.15, 0.2) is 47.6 Å². The number of methoxy groups -OCH3 is 2. The maximum absolute atomic E-state index is 13.9. The molecular formula is C29H38ClN5O5. The van der Waals surface area contributed by atoms with Gasteiger partial charge in [-0.1, -0.05) is 36.7 Å². The molecule has 2 aliphatic heterocycles. The van der Waals surface area contributed by atoms with Crippen molar-refractivity contribution in [1.82, 2.24) is 20.1 Å². The molecule has 0 aliphatic carbocycles. The van der Waals surface area contributed by atoms with Gasteiger partial charge in [0, 0.05) is 55.3 Å². The van der Waals surface area contributed by atoms with Crippen LogP contribution in [-0.2, 0) is 9.53 Å². The largest absolute Gasteiger partial charge is 0.497 e. The number of hydrazone groups is 1. The maximum Gasteiger partial charge on any atom is 0.317 e. The third-order valence-corrected chi connectivity index (χ3v) is 7.41. The van der Waals surface area contributed by atoms with E-state index >= 15 is 0 Å². The Morgan fingerprint density at radius 1 is 1.15 bits per heavy atom. The summed E-state index contributed by atoms with van der Waals surface area (Å²) in [7, 11) is 3.18. The number of nitrogens with zero attached hydrogens (tertiary/aromatic N) is 4. The van der Waals surface area contributed by atoms with E-state index in [4.69, 9.17) is 30.9 Å². The van der Waals surface area contributed by atoms with Gasteiger partial charge in [-0.25, -0.2) is 9.80 Å². The van der Waals surface area contributed by atoms with Crippen molar-refractivity contribution in [3.63, 3.8) is 0 Å². The second-order valence-electron chi connectivity index (χ2n) is 9.70. The Bertz CT molecular complexity index is 1200. The minimum atomic E-state index is -0.469. The molecule has 0 radical (unpaired) electrons. The predicted octanol–water partition coefficient (Wildman–Crippen LogP) is 3.79. The molecule has 11 heteroatoms. The maximum atomic E-state index is 13.9. The minimum absolute atomic E-state index is 0.123. The van der Waals surface area contributed by atoms with Crippen LogP contribution in [-0.4, -0.2) is 99.2 Å². The van der Waals surface area contributed by atoms with Crippen LogP contribution in [0.3, 0.4) is 0 Å². The van der Waals surface area contributed by atoms with Crippen molar-refractivity contribution in [1.29, 1.82) is 0 Å². The van der Waals surface area contributed by atoms with E-state index in [2.05, 4.69) is 10.2 Å². The normalized spacial score (nSPS) is 17.4. The van der Waals surface area contributed by atoms with Gasteiger partial charge in [-0.3, -0.25) is 9.69 Å². The molecule has 2 heterocycles. The van der Waals surface area contributed by atoms with Crippen LogP contribution in [0.2, 0.25) is 5.02 Å². The first kappa shape index (κ1) is 29.6. The van der Waals surface area contributed by atoms with Crippen molar-refractivity contribution in [3.8, 4) is 11.5 Å². The molecule has 1 fully saturated rings. The zero-order valence-electron chi connectivity index (χ0n) is 23.4. The van der Waals surface area contributed by atoms with E-state index in [0.717, 1.165) is 30.6 Å². The molecule has 1 saturated heterocycles. The number of rotatable bonds is 11. The molecule has 1 atom stereocenters. The number of nitrogens with one attached hydrogen (secondary N) is 1. The average Bonchev–Trinajstić information content (AvgIpc) is 3.43. The lowest BCUT2D eigenvalue weighted by molar-refractivity contribution is -0.133. The summed E-state index contributed by atoms with van der Waals surface area (Å²) < 4.78 is 16.6. The van der Waals surface area contributed by atoms with Crippen LogP contribution in [0.5, 0.6) is 11.5 Å². The molecule has 0 unspecified atom stereocenters. The van der Waals surface area contributed by atoms with Gasteiger partial charge in [-0.05, 0) is 30.7 Å². The summed E-state index contributed by atoms with van der Waals surface area (Å²) in [5.41, 5.74) is 2.21. The van der Waals surface area contributed by atoms with Crippen LogP contribution in [0, 0.1) is 0 Å². The van der Waals surface area contributed by atoms with Gasteiger partial charge in [0.05, 0.1) is 39.2 Å². The monoisotopic (exact) mass is 571 g/mol. The van der Waals surface area contributed by atoms with Crippen molar-refractivity contribution in [2.75, 3.05) is 66.7 Å². The van der Waals surface area contributed by atoms with Gasteiger partial charge in [0.1, 0.15) is 18.0 Å². The van der Waals surface area contributed by atoms with Crippen molar-refractivity contribution in [3.05, 3.63) is 58.6 Å². The number of benzene rings is 2. The minimum Gasteiger partial charge on any atom is -0.497 e. The van der Waals surface area contributed by atoms with Gasteiger partial charge < -0.3 is 24.4 Å². The van der Waals surface area contributed by atoms with E-state index in [1.165, 1.54) is 5.01 Å². The number of urea groups is 1. The molecule has 0 saturated carbocycles. The summed E-state index contributed by atoms with van der Waals surface area (Å²) in [4.78, 5) is 30.8. The fourth-order valence-electron chi connectivity index (χ4n) is 4.86. The third kappa shape index (κ3) is 7.24. The van der Waals surface area contributed by atoms with E-state index in [-0.39, 0.29) is 18.5 Å². The van der Waals surface area contributed by atoms with Gasteiger partial charge in [-0.2, -0.15) is 5.10 Å². The molecule has 2 aliphatic rings. The molecule has 2 aromatic rings. The fraction of sp³-hybridized carbons (Fsp3) is 0.483. The second-order valence-corrected chi connectivity index (χ2v) is 10.1. The number of ether oxygens (including phenoxy) is 3. The highest BCUT2D eigenvalue weighted by molar-refractivity contribution is 6.34. The lowest BCUT2D eigenvalue weighted by Crippen LogP contribution is -2.49. The van der Waals surface area contributed by atoms with Crippen LogP contribution >= 0.6 is 11.6 Å². The summed E-state index contributed by atoms with van der Waals surface area (Å²) in [6.45, 7) is 6.38. The van der Waals surface area contributed by atoms with E-state index in [0.29, 0.717) is 61.5 Å². The Morgan fingerprint density at radius 3 is 2.62 bits per heavy atom. The summed E-state index contributed by atoms with van der Waals surface area (Å²) in [6, 6.07) is 12.2. The number of carbonyl (C=O) groups is 2. The van der Waals surface area contributed by atoms with Gasteiger partial charge >= 0.3 is 6.03 Å². The number of hydrogen-bond acceptors (Lipinski definition) is 7. The predicted molar refractivity (Wildman–Crippen MR) is 154 cm³/mol. The highest BCUT2D eigenvalue weighted by Gasteiger charge is 2.36. The van der Waals surface area contributed by atoms with Crippen LogP contribution in [0.25, 0.3) is 0 Å². The number of carbonyl (C=O) groups excluding carboxylic acids is 2. The molecule has 2 aromatic carbocycles. The van der Waals surface area contributed by atoms with Gasteiger partial charge in [0.2, 0.25) is 0 Å². The molecule has 0 aromatic heterocycles. The standard InChI is InChI=1S/C29H38ClN5O5/c1-4-11-31-29(37)34(13-12-33-14-16-40-17-15-33)20-28(36)35-26(23-18-21(38-2)9-10-27(23)39-3)19-25(32-35)22-7-5-6-8-24(22)30/h5-10,18,26H,4,11-17,19-20H2,1-3H3,(H,31,37)/t26-/m0/s1. The Balaban J connectivity index is 1.63. The molecule has 3 amide bonds. The molecule has 0 spiro atoms. The third-order valence-electron chi connectivity index (χ3n) is 7.08. The van der Waals surface area contributed by atoms with Crippen LogP contribution < -0.4 is 14.8 Å². The highest BCUT2D eigenvalue weighted by Crippen LogP contribution is 2.40. The Kier molecular flexibility index (Phi) is 10.6. The lowest BCUT2D eigenvalue weighted by Gasteiger charge is -2.31. The van der Waals surface area contributed by atoms with E-state index in [1.54, 1.807) is 25.2 Å². The molecule has 10 nitrogen and oxygen atoms in total. The molecule has 216 valence electrons. The van der Waals surface area contributed by atoms with Crippen LogP contribution in [0.1, 0.15) is 36.9 Å². The first-order valence-electron chi connectivity index (χ1n) is 13.6. The topological polar surface area (TPSA) is 95.9 Å². The number of morpholine rings is 1. The average molecular weight is 572 g/mol. The zero-order valence-corrected chi connectivity index (χ0v) is 24.2. The van der Waals surface area contributed by atoms with Gasteiger partial charge in [0.25, 0.3) is 5.91 Å². The molecule has 0 bridgehead atoms. The summed E-state index contributed by atoms with van der Waals surface area (Å²) in [6.07, 6.45) is 1.22. The van der Waals surface area contributed by atoms with Crippen molar-refractivity contribution in [2.24, 2.45) is 5.10 Å². The van der Waals surface area contributed by atoms with E-state index in [9.17, 15) is 9.59 Å². The first-order valence-corrected chi connectivity index (χ1v) is 14.0. The van der Waals surface area contributed by atoms with Gasteiger partial charge in [0.15, 0.2) is 0 Å². The van der Waals surface area contributed by atoms with Crippen molar-refractivity contribution in [2.45, 2.75) is 25.8 Å². The number of hydrogen-bond donors (Lipinski definition) is 1. The number of halogens is 1. The fourth-order valence-corrected chi connectivity index (χ4v) is 5.10. The van der Waals surface area contributed by atoms with Crippen molar-refractivity contribution < 1.29 is 23.8 Å². The second kappa shape index (κ2) is 14.3. The SMILES string of the molecule is CCCNC(=O)N(CCN1CCOCC1)CC(=O)N1N=C(c2ccccc2Cl)C[C@H]1c1cc(OC)ccc1OC. The Morgan fingerprint density at radius 2 is 1.93 bits per heavy atom. The smallest absolute Gasteiger partial charge is 0.317 e. The van der Waals surface area contributed by atoms with E-state index < -0.39 is 6.04 Å². The number of amides is 3. The van der Waals surface area contributed by atoms with Gasteiger partial charge in [-0.15, -0.1) is 0 Å². The molecule has 40 heavy (non-hydrogen) atoms. The Hall–Kier alpha value is -3.34. The summed E-state index contributed by atoms with van der Waals surface area (Å²) in [5.74, 6) is 0.954. The molecular weight excluding hydrogens is 534 g/mol. The molecule has 1 N–H and O–H groups in total. The molecule has 4 rings (SSSR count). The first-order chi connectivity index (χ1) is 19.4.